The molecule has 1 saturated carbocycles. The maximum Gasteiger partial charge on any atom is 0.341 e. The standard InChI is InChI=1S/C21H30N2O4S/c1-4-27-21(26)18-13(2)19(14(3)24)28-20(18)22-17(25)12-23-10-9-15-7-5-6-8-16(15)11-23/h15-16H,4-12H2,1-3H3,(H,22,25)/p+1/t15-,16-/m1/s1. The normalized spacial score (nSPS) is 24.3. The second-order valence-electron chi connectivity index (χ2n) is 8.06. The zero-order valence-corrected chi connectivity index (χ0v) is 17.9. The van der Waals surface area contributed by atoms with Gasteiger partial charge in [0.2, 0.25) is 0 Å². The summed E-state index contributed by atoms with van der Waals surface area (Å²) >= 11 is 1.17. The molecule has 28 heavy (non-hydrogen) atoms. The number of fused-ring (bicyclic) bond motifs is 1. The van der Waals surface area contributed by atoms with E-state index in [1.807, 2.05) is 0 Å². The van der Waals surface area contributed by atoms with Gasteiger partial charge in [-0.15, -0.1) is 11.3 Å². The van der Waals surface area contributed by atoms with Crippen LogP contribution in [0.5, 0.6) is 0 Å². The Morgan fingerprint density at radius 3 is 2.57 bits per heavy atom. The number of carbonyl (C=O) groups excluding carboxylic acids is 3. The Hall–Kier alpha value is -1.73. The van der Waals surface area contributed by atoms with E-state index in [4.69, 9.17) is 4.74 Å². The van der Waals surface area contributed by atoms with Crippen molar-refractivity contribution in [2.75, 3.05) is 31.6 Å². The smallest absolute Gasteiger partial charge is 0.341 e. The number of rotatable bonds is 6. The topological polar surface area (TPSA) is 76.9 Å². The fourth-order valence-electron chi connectivity index (χ4n) is 4.74. The van der Waals surface area contributed by atoms with Crippen LogP contribution in [0, 0.1) is 18.8 Å². The van der Waals surface area contributed by atoms with Gasteiger partial charge in [0.15, 0.2) is 12.3 Å². The molecular formula is C21H31N2O4S+. The van der Waals surface area contributed by atoms with Gasteiger partial charge in [-0.2, -0.15) is 0 Å². The molecule has 1 unspecified atom stereocenters. The Morgan fingerprint density at radius 2 is 1.89 bits per heavy atom. The van der Waals surface area contributed by atoms with Crippen LogP contribution in [0.1, 0.15) is 71.5 Å². The number of carbonyl (C=O) groups is 3. The number of amides is 1. The number of quaternary nitrogens is 1. The lowest BCUT2D eigenvalue weighted by molar-refractivity contribution is -0.902. The minimum atomic E-state index is -0.491. The average molecular weight is 408 g/mol. The first-order chi connectivity index (χ1) is 13.4. The van der Waals surface area contributed by atoms with Crippen molar-refractivity contribution in [3.05, 3.63) is 16.0 Å². The number of likely N-dealkylation sites (tertiary alicyclic amines) is 1. The van der Waals surface area contributed by atoms with E-state index in [9.17, 15) is 14.4 Å². The van der Waals surface area contributed by atoms with Gasteiger partial charge in [-0.1, -0.05) is 12.8 Å². The second kappa shape index (κ2) is 9.18. The lowest BCUT2D eigenvalue weighted by Crippen LogP contribution is -3.15. The number of hydrogen-bond acceptors (Lipinski definition) is 5. The molecule has 0 bridgehead atoms. The highest BCUT2D eigenvalue weighted by Gasteiger charge is 2.34. The van der Waals surface area contributed by atoms with Crippen LogP contribution in [-0.4, -0.2) is 43.9 Å². The number of esters is 1. The molecule has 3 atom stereocenters. The van der Waals surface area contributed by atoms with Gasteiger partial charge in [0.1, 0.15) is 5.00 Å². The number of piperidine rings is 1. The lowest BCUT2D eigenvalue weighted by Gasteiger charge is -2.38. The van der Waals surface area contributed by atoms with Crippen molar-refractivity contribution in [2.45, 2.75) is 52.9 Å². The third kappa shape index (κ3) is 4.63. The number of thiophene rings is 1. The van der Waals surface area contributed by atoms with E-state index in [2.05, 4.69) is 5.32 Å². The van der Waals surface area contributed by atoms with E-state index in [0.717, 1.165) is 24.9 Å². The minimum Gasteiger partial charge on any atom is -0.462 e. The average Bonchev–Trinajstić information content (AvgIpc) is 2.98. The molecule has 1 amide bonds. The molecule has 1 aromatic heterocycles. The van der Waals surface area contributed by atoms with Crippen molar-refractivity contribution in [3.8, 4) is 0 Å². The van der Waals surface area contributed by atoms with Crippen molar-refractivity contribution in [2.24, 2.45) is 11.8 Å². The monoisotopic (exact) mass is 407 g/mol. The van der Waals surface area contributed by atoms with Gasteiger partial charge in [-0.25, -0.2) is 4.79 Å². The van der Waals surface area contributed by atoms with Gasteiger partial charge in [-0.3, -0.25) is 9.59 Å². The summed E-state index contributed by atoms with van der Waals surface area (Å²) in [7, 11) is 0. The van der Waals surface area contributed by atoms with Crippen molar-refractivity contribution >= 4 is 34.0 Å². The fraction of sp³-hybridized carbons (Fsp3) is 0.667. The van der Waals surface area contributed by atoms with Gasteiger partial charge in [0.05, 0.1) is 30.1 Å². The number of hydrogen-bond donors (Lipinski definition) is 2. The van der Waals surface area contributed by atoms with Gasteiger partial charge in [0, 0.05) is 5.92 Å². The van der Waals surface area contributed by atoms with Crippen LogP contribution in [0.3, 0.4) is 0 Å². The molecular weight excluding hydrogens is 376 g/mol. The molecule has 7 heteroatoms. The van der Waals surface area contributed by atoms with E-state index in [1.54, 1.807) is 13.8 Å². The van der Waals surface area contributed by atoms with E-state index >= 15 is 0 Å². The van der Waals surface area contributed by atoms with Crippen LogP contribution < -0.4 is 10.2 Å². The number of ketones is 1. The highest BCUT2D eigenvalue weighted by atomic mass is 32.1. The molecule has 2 N–H and O–H groups in total. The minimum absolute atomic E-state index is 0.105. The summed E-state index contributed by atoms with van der Waals surface area (Å²) in [4.78, 5) is 38.8. The van der Waals surface area contributed by atoms with Crippen molar-refractivity contribution in [1.82, 2.24) is 0 Å². The maximum absolute atomic E-state index is 12.7. The van der Waals surface area contributed by atoms with Gasteiger partial charge >= 0.3 is 5.97 Å². The Kier molecular flexibility index (Phi) is 6.88. The molecule has 0 aromatic carbocycles. The van der Waals surface area contributed by atoms with E-state index in [-0.39, 0.29) is 18.3 Å². The zero-order valence-electron chi connectivity index (χ0n) is 17.1. The molecule has 2 fully saturated rings. The van der Waals surface area contributed by atoms with Gasteiger partial charge in [-0.05, 0) is 51.5 Å². The summed E-state index contributed by atoms with van der Waals surface area (Å²) < 4.78 is 5.13. The summed E-state index contributed by atoms with van der Waals surface area (Å²) in [6.07, 6.45) is 6.49. The Labute approximate surface area is 170 Å². The molecule has 154 valence electrons. The summed E-state index contributed by atoms with van der Waals surface area (Å²) in [5.74, 6) is 0.877. The molecule has 0 radical (unpaired) electrons. The first kappa shape index (κ1) is 21.0. The van der Waals surface area contributed by atoms with Gasteiger partial charge < -0.3 is 15.0 Å². The Morgan fingerprint density at radius 1 is 1.18 bits per heavy atom. The highest BCUT2D eigenvalue weighted by Crippen LogP contribution is 2.34. The Balaban J connectivity index is 1.68. The largest absolute Gasteiger partial charge is 0.462 e. The number of anilines is 1. The van der Waals surface area contributed by atoms with Crippen LogP contribution in [0.15, 0.2) is 0 Å². The van der Waals surface area contributed by atoms with Crippen molar-refractivity contribution in [1.29, 1.82) is 0 Å². The Bertz CT molecular complexity index is 758. The fourth-order valence-corrected chi connectivity index (χ4v) is 5.85. The summed E-state index contributed by atoms with van der Waals surface area (Å²) in [6, 6.07) is 0. The number of Topliss-reactive ketones (excluding diaryl/α,β-unsaturated/α-hetero) is 1. The summed E-state index contributed by atoms with van der Waals surface area (Å²) in [5.41, 5.74) is 0.896. The van der Waals surface area contributed by atoms with Crippen LogP contribution >= 0.6 is 11.3 Å². The molecule has 1 aromatic rings. The third-order valence-electron chi connectivity index (χ3n) is 6.10. The molecule has 2 aliphatic rings. The van der Waals surface area contributed by atoms with E-state index in [1.165, 1.54) is 55.3 Å². The van der Waals surface area contributed by atoms with Gasteiger partial charge in [0.25, 0.3) is 5.91 Å². The van der Waals surface area contributed by atoms with Crippen LogP contribution in [-0.2, 0) is 9.53 Å². The molecule has 1 saturated heterocycles. The highest BCUT2D eigenvalue weighted by molar-refractivity contribution is 7.18. The van der Waals surface area contributed by atoms with Crippen LogP contribution in [0.4, 0.5) is 5.00 Å². The SMILES string of the molecule is CCOC(=O)c1c(NC(=O)C[NH+]2CC[C@H]3CCCC[C@@H]3C2)sc(C(C)=O)c1C. The number of nitrogens with one attached hydrogen (secondary N) is 2. The quantitative estimate of drug-likeness (QED) is 0.561. The molecule has 1 aliphatic carbocycles. The van der Waals surface area contributed by atoms with Crippen LogP contribution in [0.25, 0.3) is 0 Å². The van der Waals surface area contributed by atoms with Crippen LogP contribution in [0.2, 0.25) is 0 Å². The zero-order chi connectivity index (χ0) is 20.3. The number of ether oxygens (including phenoxy) is 1. The molecule has 1 aliphatic heterocycles. The molecule has 6 nitrogen and oxygen atoms in total. The van der Waals surface area contributed by atoms with Crippen molar-refractivity contribution < 1.29 is 24.0 Å². The van der Waals surface area contributed by atoms with E-state index in [0.29, 0.717) is 27.5 Å². The lowest BCUT2D eigenvalue weighted by atomic mass is 9.75. The summed E-state index contributed by atoms with van der Waals surface area (Å²) in [6.45, 7) is 7.68. The summed E-state index contributed by atoms with van der Waals surface area (Å²) in [5, 5.41) is 3.32. The predicted octanol–water partition coefficient (Wildman–Crippen LogP) is 2.47. The van der Waals surface area contributed by atoms with E-state index < -0.39 is 5.97 Å². The maximum atomic E-state index is 12.7. The van der Waals surface area contributed by atoms with Crippen molar-refractivity contribution in [3.63, 3.8) is 0 Å². The second-order valence-corrected chi connectivity index (χ2v) is 9.08. The predicted molar refractivity (Wildman–Crippen MR) is 109 cm³/mol. The third-order valence-corrected chi connectivity index (χ3v) is 7.40. The molecule has 2 heterocycles. The molecule has 0 spiro atoms. The molecule has 3 rings (SSSR count). The first-order valence-electron chi connectivity index (χ1n) is 10.4. The first-order valence-corrected chi connectivity index (χ1v) is 11.2.